The Morgan fingerprint density at radius 3 is 2.53 bits per heavy atom. The highest BCUT2D eigenvalue weighted by atomic mass is 16.6. The molecule has 1 aliphatic rings. The molecule has 0 saturated carbocycles. The maximum absolute atomic E-state index is 12.4. The van der Waals surface area contributed by atoms with E-state index in [0.717, 1.165) is 0 Å². The lowest BCUT2D eigenvalue weighted by molar-refractivity contribution is 0.103. The highest BCUT2D eigenvalue weighted by Crippen LogP contribution is 2.31. The molecule has 2 aromatic rings. The topological polar surface area (TPSA) is 61.6 Å². The minimum atomic E-state index is -0.116. The highest BCUT2D eigenvalue weighted by Gasteiger charge is 2.17. The molecule has 1 aliphatic heterocycles. The van der Waals surface area contributed by atoms with Crippen LogP contribution in [0.15, 0.2) is 42.5 Å². The van der Waals surface area contributed by atoms with Gasteiger partial charge in [-0.25, -0.2) is 0 Å². The van der Waals surface area contributed by atoms with E-state index in [0.29, 0.717) is 41.5 Å². The van der Waals surface area contributed by atoms with Gasteiger partial charge in [0.05, 0.1) is 0 Å². The van der Waals surface area contributed by atoms with Crippen molar-refractivity contribution in [2.24, 2.45) is 0 Å². The molecule has 0 atom stereocenters. The highest BCUT2D eigenvalue weighted by molar-refractivity contribution is 6.12. The van der Waals surface area contributed by atoms with Crippen LogP contribution < -0.4 is 15.2 Å². The number of carbonyl (C=O) groups is 1. The van der Waals surface area contributed by atoms with Crippen molar-refractivity contribution in [2.75, 3.05) is 18.9 Å². The molecule has 0 aliphatic carbocycles. The molecule has 1 heterocycles. The molecule has 0 aromatic heterocycles. The summed E-state index contributed by atoms with van der Waals surface area (Å²) in [5.74, 6) is 1.16. The summed E-state index contributed by atoms with van der Waals surface area (Å²) in [6, 6.07) is 12.2. The standard InChI is InChI=1S/C15H13NO3/c16-12-4-2-1-3-11(12)15(17)10-5-6-13-14(9-10)19-8-7-18-13/h1-6,9H,7-8,16H2. The van der Waals surface area contributed by atoms with Crippen molar-refractivity contribution in [1.29, 1.82) is 0 Å². The van der Waals surface area contributed by atoms with Crippen molar-refractivity contribution in [3.05, 3.63) is 53.6 Å². The van der Waals surface area contributed by atoms with Crippen LogP contribution >= 0.6 is 0 Å². The predicted octanol–water partition coefficient (Wildman–Crippen LogP) is 2.27. The molecular formula is C15H13NO3. The number of fused-ring (bicyclic) bond motifs is 1. The number of rotatable bonds is 2. The second-order valence-electron chi connectivity index (χ2n) is 4.27. The third kappa shape index (κ3) is 2.12. The average molecular weight is 255 g/mol. The minimum Gasteiger partial charge on any atom is -0.486 e. The van der Waals surface area contributed by atoms with Gasteiger partial charge in [-0.15, -0.1) is 0 Å². The van der Waals surface area contributed by atoms with E-state index < -0.39 is 0 Å². The van der Waals surface area contributed by atoms with Crippen LogP contribution in [0.5, 0.6) is 11.5 Å². The SMILES string of the molecule is Nc1ccccc1C(=O)c1ccc2c(c1)OCCO2. The van der Waals surface area contributed by atoms with E-state index in [-0.39, 0.29) is 5.78 Å². The van der Waals surface area contributed by atoms with E-state index in [2.05, 4.69) is 0 Å². The largest absolute Gasteiger partial charge is 0.486 e. The molecule has 0 unspecified atom stereocenters. The lowest BCUT2D eigenvalue weighted by atomic mass is 10.0. The number of ether oxygens (including phenoxy) is 2. The summed E-state index contributed by atoms with van der Waals surface area (Å²) in [5, 5.41) is 0. The number of hydrogen-bond donors (Lipinski definition) is 1. The molecular weight excluding hydrogens is 242 g/mol. The molecule has 0 fully saturated rings. The quantitative estimate of drug-likeness (QED) is 0.660. The van der Waals surface area contributed by atoms with Crippen molar-refractivity contribution in [3.8, 4) is 11.5 Å². The third-order valence-electron chi connectivity index (χ3n) is 3.01. The zero-order valence-electron chi connectivity index (χ0n) is 10.3. The van der Waals surface area contributed by atoms with Gasteiger partial charge < -0.3 is 15.2 Å². The Kier molecular flexibility index (Phi) is 2.83. The summed E-state index contributed by atoms with van der Waals surface area (Å²) in [7, 11) is 0. The fourth-order valence-electron chi connectivity index (χ4n) is 2.04. The molecule has 0 radical (unpaired) electrons. The van der Waals surface area contributed by atoms with Crippen LogP contribution in [0.3, 0.4) is 0 Å². The summed E-state index contributed by atoms with van der Waals surface area (Å²) >= 11 is 0. The van der Waals surface area contributed by atoms with Gasteiger partial charge in [0.2, 0.25) is 0 Å². The van der Waals surface area contributed by atoms with Gasteiger partial charge in [-0.1, -0.05) is 12.1 Å². The second kappa shape index (κ2) is 4.65. The molecule has 0 saturated heterocycles. The zero-order chi connectivity index (χ0) is 13.2. The second-order valence-corrected chi connectivity index (χ2v) is 4.27. The van der Waals surface area contributed by atoms with Crippen LogP contribution in [-0.2, 0) is 0 Å². The van der Waals surface area contributed by atoms with Gasteiger partial charge in [-0.3, -0.25) is 4.79 Å². The first kappa shape index (κ1) is 11.6. The molecule has 3 rings (SSSR count). The summed E-state index contributed by atoms with van der Waals surface area (Å²) in [6.07, 6.45) is 0. The Hall–Kier alpha value is -2.49. The molecule has 4 heteroatoms. The van der Waals surface area contributed by atoms with Crippen LogP contribution in [-0.4, -0.2) is 19.0 Å². The maximum Gasteiger partial charge on any atom is 0.195 e. The van der Waals surface area contributed by atoms with Gasteiger partial charge in [0.25, 0.3) is 0 Å². The van der Waals surface area contributed by atoms with E-state index >= 15 is 0 Å². The molecule has 2 aromatic carbocycles. The summed E-state index contributed by atoms with van der Waals surface area (Å²) < 4.78 is 10.9. The predicted molar refractivity (Wildman–Crippen MR) is 71.7 cm³/mol. The molecule has 19 heavy (non-hydrogen) atoms. The van der Waals surface area contributed by atoms with Gasteiger partial charge in [0.1, 0.15) is 13.2 Å². The number of carbonyl (C=O) groups excluding carboxylic acids is 1. The lowest BCUT2D eigenvalue weighted by Gasteiger charge is -2.18. The average Bonchev–Trinajstić information content (AvgIpc) is 2.46. The molecule has 4 nitrogen and oxygen atoms in total. The number of hydrogen-bond acceptors (Lipinski definition) is 4. The summed E-state index contributed by atoms with van der Waals surface area (Å²) in [6.45, 7) is 1.03. The van der Waals surface area contributed by atoms with Gasteiger partial charge in [-0.2, -0.15) is 0 Å². The molecule has 0 amide bonds. The number of anilines is 1. The molecule has 2 N–H and O–H groups in total. The first-order chi connectivity index (χ1) is 9.25. The van der Waals surface area contributed by atoms with E-state index in [1.807, 2.05) is 0 Å². The van der Waals surface area contributed by atoms with Gasteiger partial charge in [0.15, 0.2) is 17.3 Å². The number of para-hydroxylation sites is 1. The van der Waals surface area contributed by atoms with Crippen LogP contribution in [0.2, 0.25) is 0 Å². The van der Waals surface area contributed by atoms with Crippen molar-refractivity contribution >= 4 is 11.5 Å². The van der Waals surface area contributed by atoms with E-state index in [1.165, 1.54) is 0 Å². The monoisotopic (exact) mass is 255 g/mol. The number of nitrogens with two attached hydrogens (primary N) is 1. The Morgan fingerprint density at radius 2 is 1.74 bits per heavy atom. The summed E-state index contributed by atoms with van der Waals surface area (Å²) in [4.78, 5) is 12.4. The van der Waals surface area contributed by atoms with Crippen molar-refractivity contribution in [1.82, 2.24) is 0 Å². The molecule has 0 spiro atoms. The Balaban J connectivity index is 1.98. The normalized spacial score (nSPS) is 13.1. The maximum atomic E-state index is 12.4. The van der Waals surface area contributed by atoms with Crippen molar-refractivity contribution in [3.63, 3.8) is 0 Å². The van der Waals surface area contributed by atoms with E-state index in [9.17, 15) is 4.79 Å². The fourth-order valence-corrected chi connectivity index (χ4v) is 2.04. The zero-order valence-corrected chi connectivity index (χ0v) is 10.3. The molecule has 96 valence electrons. The van der Waals surface area contributed by atoms with E-state index in [1.54, 1.807) is 42.5 Å². The number of ketones is 1. The van der Waals surface area contributed by atoms with Crippen molar-refractivity contribution in [2.45, 2.75) is 0 Å². The van der Waals surface area contributed by atoms with Crippen LogP contribution in [0.25, 0.3) is 0 Å². The fraction of sp³-hybridized carbons (Fsp3) is 0.133. The molecule has 0 bridgehead atoms. The first-order valence-electron chi connectivity index (χ1n) is 6.04. The van der Waals surface area contributed by atoms with Crippen LogP contribution in [0.4, 0.5) is 5.69 Å². The Labute approximate surface area is 110 Å². The lowest BCUT2D eigenvalue weighted by Crippen LogP contribution is -2.16. The van der Waals surface area contributed by atoms with Crippen molar-refractivity contribution < 1.29 is 14.3 Å². The summed E-state index contributed by atoms with van der Waals surface area (Å²) in [5.41, 5.74) is 7.34. The van der Waals surface area contributed by atoms with Gasteiger partial charge in [-0.05, 0) is 30.3 Å². The third-order valence-corrected chi connectivity index (χ3v) is 3.01. The van der Waals surface area contributed by atoms with Crippen LogP contribution in [0, 0.1) is 0 Å². The first-order valence-corrected chi connectivity index (χ1v) is 6.04. The minimum absolute atomic E-state index is 0.116. The smallest absolute Gasteiger partial charge is 0.195 e. The number of benzene rings is 2. The Morgan fingerprint density at radius 1 is 1.00 bits per heavy atom. The Bertz CT molecular complexity index is 637. The van der Waals surface area contributed by atoms with Gasteiger partial charge in [0, 0.05) is 16.8 Å². The van der Waals surface area contributed by atoms with E-state index in [4.69, 9.17) is 15.2 Å². The van der Waals surface area contributed by atoms with Gasteiger partial charge >= 0.3 is 0 Å². The number of nitrogen functional groups attached to an aromatic ring is 1. The van der Waals surface area contributed by atoms with Crippen LogP contribution in [0.1, 0.15) is 15.9 Å².